The third-order valence-corrected chi connectivity index (χ3v) is 14.6. The predicted molar refractivity (Wildman–Crippen MR) is 296 cm³/mol. The molecule has 0 saturated heterocycles. The molecule has 5 heteroatoms. The summed E-state index contributed by atoms with van der Waals surface area (Å²) in [6.45, 7) is 20.3. The van der Waals surface area contributed by atoms with E-state index in [9.17, 15) is 5.26 Å². The van der Waals surface area contributed by atoms with Crippen molar-refractivity contribution in [3.05, 3.63) is 198 Å². The Morgan fingerprint density at radius 1 is 0.471 bits per heavy atom. The molecule has 0 atom stereocenters. The van der Waals surface area contributed by atoms with Crippen LogP contribution in [0.3, 0.4) is 0 Å². The summed E-state index contributed by atoms with van der Waals surface area (Å²) in [6.07, 6.45) is 0. The highest BCUT2D eigenvalue weighted by Crippen LogP contribution is 2.47. The number of benzene rings is 9. The van der Waals surface area contributed by atoms with Gasteiger partial charge in [-0.1, -0.05) is 116 Å². The molecule has 0 bridgehead atoms. The first kappa shape index (κ1) is 43.2. The lowest BCUT2D eigenvalue weighted by atomic mass is 9.87. The third kappa shape index (κ3) is 6.96. The average Bonchev–Trinajstić information content (AvgIpc) is 3.99. The Labute approximate surface area is 409 Å². The van der Waals surface area contributed by atoms with Gasteiger partial charge in [-0.2, -0.15) is 5.26 Å². The Kier molecular flexibility index (Phi) is 9.72. The van der Waals surface area contributed by atoms with Crippen LogP contribution in [0.5, 0.6) is 0 Å². The Morgan fingerprint density at radius 3 is 1.63 bits per heavy atom. The van der Waals surface area contributed by atoms with E-state index in [1.807, 2.05) is 18.2 Å². The number of hydrogen-bond acceptors (Lipinski definition) is 4. The summed E-state index contributed by atoms with van der Waals surface area (Å²) < 4.78 is 9.50. The van der Waals surface area contributed by atoms with Crippen LogP contribution in [0.15, 0.2) is 174 Å². The maximum absolute atomic E-state index is 10.1. The number of hydrogen-bond donors (Lipinski definition) is 0. The normalized spacial score (nSPS) is 12.5. The van der Waals surface area contributed by atoms with Gasteiger partial charge in [0.25, 0.3) is 0 Å². The van der Waals surface area contributed by atoms with E-state index in [1.165, 1.54) is 54.8 Å². The summed E-state index contributed by atoms with van der Waals surface area (Å²) in [5, 5.41) is 19.5. The topological polar surface area (TPSA) is 47.8 Å². The Hall–Kier alpha value is -8.07. The van der Waals surface area contributed by atoms with Gasteiger partial charge < -0.3 is 18.6 Å². The molecular formula is C65H56N4O. The fourth-order valence-corrected chi connectivity index (χ4v) is 10.8. The van der Waals surface area contributed by atoms with E-state index < -0.39 is 0 Å². The molecule has 3 heterocycles. The number of rotatable bonds is 7. The van der Waals surface area contributed by atoms with Gasteiger partial charge in [-0.15, -0.1) is 0 Å². The zero-order valence-corrected chi connectivity index (χ0v) is 41.4. The molecule has 0 aliphatic rings. The first-order valence-electron chi connectivity index (χ1n) is 24.6. The lowest BCUT2D eigenvalue weighted by Gasteiger charge is -2.28. The molecule has 0 amide bonds. The lowest BCUT2D eigenvalue weighted by Crippen LogP contribution is -2.14. The van der Waals surface area contributed by atoms with Crippen molar-refractivity contribution in [3.8, 4) is 6.07 Å². The van der Waals surface area contributed by atoms with Gasteiger partial charge in [0, 0.05) is 77.9 Å². The maximum atomic E-state index is 10.1. The molecule has 342 valence electrons. The summed E-state index contributed by atoms with van der Waals surface area (Å²) in [5.74, 6) is 0.352. The second kappa shape index (κ2) is 15.7. The predicted octanol–water partition coefficient (Wildman–Crippen LogP) is 18.7. The molecule has 70 heavy (non-hydrogen) atoms. The Balaban J connectivity index is 1.09. The van der Waals surface area contributed by atoms with Crippen LogP contribution in [0, 0.1) is 18.3 Å². The number of furan rings is 1. The summed E-state index contributed by atoms with van der Waals surface area (Å²) in [4.78, 5) is 4.65. The van der Waals surface area contributed by atoms with Crippen molar-refractivity contribution >= 4 is 105 Å². The molecule has 12 rings (SSSR count). The number of nitriles is 1. The van der Waals surface area contributed by atoms with Crippen molar-refractivity contribution in [1.82, 2.24) is 4.40 Å². The molecule has 0 unspecified atom stereocenters. The molecule has 12 aromatic rings. The number of aromatic nitrogens is 1. The van der Waals surface area contributed by atoms with E-state index >= 15 is 0 Å². The molecule has 0 saturated carbocycles. The fourth-order valence-electron chi connectivity index (χ4n) is 10.8. The van der Waals surface area contributed by atoms with Gasteiger partial charge in [-0.05, 0) is 154 Å². The molecule has 0 aliphatic carbocycles. The van der Waals surface area contributed by atoms with Crippen LogP contribution in [-0.4, -0.2) is 4.40 Å². The van der Waals surface area contributed by atoms with Crippen LogP contribution in [-0.2, 0) is 10.8 Å². The molecule has 9 aromatic carbocycles. The van der Waals surface area contributed by atoms with Crippen molar-refractivity contribution in [3.63, 3.8) is 0 Å². The van der Waals surface area contributed by atoms with Gasteiger partial charge in [-0.3, -0.25) is 0 Å². The van der Waals surface area contributed by atoms with E-state index in [1.54, 1.807) is 0 Å². The molecule has 0 fully saturated rings. The van der Waals surface area contributed by atoms with E-state index in [4.69, 9.17) is 4.42 Å². The van der Waals surface area contributed by atoms with Crippen LogP contribution in [0.4, 0.5) is 34.1 Å². The van der Waals surface area contributed by atoms with Gasteiger partial charge in [0.05, 0.1) is 28.2 Å². The highest BCUT2D eigenvalue weighted by Gasteiger charge is 2.25. The zero-order valence-electron chi connectivity index (χ0n) is 41.4. The smallest absolute Gasteiger partial charge is 0.137 e. The maximum Gasteiger partial charge on any atom is 0.137 e. The van der Waals surface area contributed by atoms with Gasteiger partial charge in [-0.25, -0.2) is 0 Å². The van der Waals surface area contributed by atoms with Gasteiger partial charge in [0.1, 0.15) is 11.2 Å². The number of anilines is 6. The quantitative estimate of drug-likeness (QED) is 0.160. The largest absolute Gasteiger partial charge is 0.456 e. The van der Waals surface area contributed by atoms with Gasteiger partial charge in [0.2, 0.25) is 0 Å². The summed E-state index contributed by atoms with van der Waals surface area (Å²) in [7, 11) is 0. The Bertz CT molecular complexity index is 4110. The van der Waals surface area contributed by atoms with Crippen LogP contribution < -0.4 is 9.80 Å². The summed E-state index contributed by atoms with van der Waals surface area (Å²) >= 11 is 0. The minimum atomic E-state index is -0.0471. The third-order valence-electron chi connectivity index (χ3n) is 14.6. The second-order valence-corrected chi connectivity index (χ2v) is 21.7. The standard InChI is InChI=1S/C65H56N4O/c1-39(2)43-31-57-52-26-23-50(68(47-19-11-15-41(29-47)38-66)49-21-13-17-45(34-49)65(7,8)9)35-59(52)69-62-54(58(32-43)63(57)69)25-22-42-30-56-53-27-24-51(36-60(53)70-61(56)37-55(42)62)67(46-18-10-14-40(3)28-46)48-20-12-16-44(33-48)64(4,5)6/h10-37,39H,1-9H3. The lowest BCUT2D eigenvalue weighted by molar-refractivity contribution is 0.590. The molecule has 0 aliphatic heterocycles. The van der Waals surface area contributed by atoms with Crippen LogP contribution >= 0.6 is 0 Å². The van der Waals surface area contributed by atoms with Crippen LogP contribution in [0.2, 0.25) is 0 Å². The molecule has 0 radical (unpaired) electrons. The molecule has 5 nitrogen and oxygen atoms in total. The van der Waals surface area contributed by atoms with E-state index in [2.05, 4.69) is 234 Å². The van der Waals surface area contributed by atoms with Crippen LogP contribution in [0.25, 0.3) is 70.8 Å². The summed E-state index contributed by atoms with van der Waals surface area (Å²) in [6, 6.07) is 64.4. The highest BCUT2D eigenvalue weighted by atomic mass is 16.3. The van der Waals surface area contributed by atoms with Crippen LogP contribution in [0.1, 0.15) is 89.1 Å². The van der Waals surface area contributed by atoms with E-state index in [0.717, 1.165) is 72.4 Å². The Morgan fingerprint density at radius 2 is 1.00 bits per heavy atom. The fraction of sp³-hybridized carbons (Fsp3) is 0.185. The molecular weight excluding hydrogens is 853 g/mol. The van der Waals surface area contributed by atoms with Crippen molar-refractivity contribution in [2.24, 2.45) is 0 Å². The van der Waals surface area contributed by atoms with Crippen molar-refractivity contribution in [2.75, 3.05) is 9.80 Å². The van der Waals surface area contributed by atoms with Crippen molar-refractivity contribution in [1.29, 1.82) is 5.26 Å². The monoisotopic (exact) mass is 908 g/mol. The van der Waals surface area contributed by atoms with Gasteiger partial charge in [0.15, 0.2) is 0 Å². The average molecular weight is 909 g/mol. The zero-order chi connectivity index (χ0) is 48.4. The SMILES string of the molecule is Cc1cccc(N(c2cccc(C(C)(C)C)c2)c2ccc3c(c2)oc2cc4c(ccc5c6cc(C(C)C)cc7c8ccc(N(c9cccc(C#N)c9)c9cccc(C(C)(C)C)c9)cc8n(c45)c76)cc23)c1. The first-order chi connectivity index (χ1) is 33.6. The van der Waals surface area contributed by atoms with Gasteiger partial charge >= 0.3 is 0 Å². The van der Waals surface area contributed by atoms with Crippen molar-refractivity contribution in [2.45, 2.75) is 79.1 Å². The second-order valence-electron chi connectivity index (χ2n) is 21.7. The minimum absolute atomic E-state index is 0.00248. The van der Waals surface area contributed by atoms with E-state index in [0.29, 0.717) is 11.5 Å². The number of nitrogens with zero attached hydrogens (tertiary/aromatic N) is 4. The molecule has 3 aromatic heterocycles. The van der Waals surface area contributed by atoms with Crippen molar-refractivity contribution < 1.29 is 4.42 Å². The first-order valence-corrected chi connectivity index (χ1v) is 24.6. The van der Waals surface area contributed by atoms with E-state index in [-0.39, 0.29) is 10.8 Å². The molecule has 0 spiro atoms. The number of aryl methyl sites for hydroxylation is 1. The minimum Gasteiger partial charge on any atom is -0.456 e. The number of fused-ring (bicyclic) bond motifs is 11. The molecule has 0 N–H and O–H groups in total. The summed E-state index contributed by atoms with van der Waals surface area (Å²) in [5.41, 5.74) is 17.1. The highest BCUT2D eigenvalue weighted by molar-refractivity contribution is 6.28.